The third kappa shape index (κ3) is 2.67. The Hall–Kier alpha value is -2.29. The van der Waals surface area contributed by atoms with E-state index in [0.717, 1.165) is 5.56 Å². The van der Waals surface area contributed by atoms with Crippen molar-refractivity contribution < 1.29 is 15.0 Å². The summed E-state index contributed by atoms with van der Waals surface area (Å²) in [5, 5.41) is 19.8. The molecule has 0 fully saturated rings. The second-order valence-corrected chi connectivity index (χ2v) is 5.83. The van der Waals surface area contributed by atoms with Gasteiger partial charge in [-0.3, -0.25) is 4.79 Å². The monoisotopic (exact) mass is 270 g/mol. The fourth-order valence-electron chi connectivity index (χ4n) is 2.00. The molecule has 0 spiro atoms. The van der Waals surface area contributed by atoms with Crippen molar-refractivity contribution in [3.05, 3.63) is 59.2 Å². The Bertz CT molecular complexity index is 652. The molecule has 2 N–H and O–H groups in total. The maximum absolute atomic E-state index is 12.3. The first kappa shape index (κ1) is 14.1. The Balaban J connectivity index is 2.45. The molecule has 3 heteroatoms. The predicted octanol–water partition coefficient (Wildman–Crippen LogP) is 3.63. The smallest absolute Gasteiger partial charge is 0.200 e. The molecular formula is C17H18O3. The number of rotatable bonds is 2. The zero-order valence-electron chi connectivity index (χ0n) is 11.8. The van der Waals surface area contributed by atoms with Crippen LogP contribution in [0.3, 0.4) is 0 Å². The predicted molar refractivity (Wildman–Crippen MR) is 78.3 cm³/mol. The largest absolute Gasteiger partial charge is 0.507 e. The van der Waals surface area contributed by atoms with Gasteiger partial charge in [0, 0.05) is 0 Å². The zero-order chi connectivity index (χ0) is 14.9. The lowest BCUT2D eigenvalue weighted by molar-refractivity contribution is 0.103. The Morgan fingerprint density at radius 3 is 2.05 bits per heavy atom. The number of phenolic OH excluding ortho intramolecular Hbond substituents is 2. The van der Waals surface area contributed by atoms with E-state index in [2.05, 4.69) is 0 Å². The Labute approximate surface area is 118 Å². The number of ketones is 1. The van der Waals surface area contributed by atoms with E-state index in [-0.39, 0.29) is 33.8 Å². The molecule has 0 saturated carbocycles. The Morgan fingerprint density at radius 1 is 0.900 bits per heavy atom. The van der Waals surface area contributed by atoms with E-state index in [9.17, 15) is 15.0 Å². The third-order valence-electron chi connectivity index (χ3n) is 3.26. The number of hydrogen-bond donors (Lipinski definition) is 2. The van der Waals surface area contributed by atoms with Gasteiger partial charge < -0.3 is 10.2 Å². The highest BCUT2D eigenvalue weighted by molar-refractivity contribution is 6.12. The summed E-state index contributed by atoms with van der Waals surface area (Å²) in [6.07, 6.45) is 0. The van der Waals surface area contributed by atoms with Gasteiger partial charge in [-0.2, -0.15) is 0 Å². The van der Waals surface area contributed by atoms with Gasteiger partial charge in [-0.25, -0.2) is 0 Å². The van der Waals surface area contributed by atoms with Crippen molar-refractivity contribution in [2.45, 2.75) is 26.2 Å². The van der Waals surface area contributed by atoms with Crippen LogP contribution < -0.4 is 0 Å². The first-order valence-electron chi connectivity index (χ1n) is 6.47. The van der Waals surface area contributed by atoms with Gasteiger partial charge in [0.2, 0.25) is 0 Å². The van der Waals surface area contributed by atoms with E-state index in [1.54, 1.807) is 24.3 Å². The quantitative estimate of drug-likeness (QED) is 0.819. The molecule has 0 radical (unpaired) electrons. The fraction of sp³-hybridized carbons (Fsp3) is 0.235. The third-order valence-corrected chi connectivity index (χ3v) is 3.26. The molecule has 0 unspecified atom stereocenters. The number of carbonyl (C=O) groups is 1. The molecular weight excluding hydrogens is 252 g/mol. The van der Waals surface area contributed by atoms with Crippen LogP contribution in [0.1, 0.15) is 42.3 Å². The molecule has 3 nitrogen and oxygen atoms in total. The van der Waals surface area contributed by atoms with Gasteiger partial charge in [0.25, 0.3) is 0 Å². The number of phenols is 2. The van der Waals surface area contributed by atoms with Crippen LogP contribution in [0.2, 0.25) is 0 Å². The molecule has 2 aromatic carbocycles. The van der Waals surface area contributed by atoms with Crippen LogP contribution in [-0.4, -0.2) is 16.0 Å². The molecule has 0 aliphatic rings. The second-order valence-electron chi connectivity index (χ2n) is 5.83. The van der Waals surface area contributed by atoms with Crippen molar-refractivity contribution in [1.29, 1.82) is 0 Å². The maximum Gasteiger partial charge on any atom is 0.200 e. The highest BCUT2D eigenvalue weighted by Crippen LogP contribution is 2.30. The van der Waals surface area contributed by atoms with E-state index in [4.69, 9.17) is 0 Å². The summed E-state index contributed by atoms with van der Waals surface area (Å²) in [6.45, 7) is 6.10. The molecule has 0 aromatic heterocycles. The van der Waals surface area contributed by atoms with Crippen LogP contribution in [0.5, 0.6) is 11.5 Å². The highest BCUT2D eigenvalue weighted by atomic mass is 16.3. The van der Waals surface area contributed by atoms with E-state index in [0.29, 0.717) is 0 Å². The van der Waals surface area contributed by atoms with Crippen molar-refractivity contribution >= 4 is 5.78 Å². The van der Waals surface area contributed by atoms with Crippen LogP contribution in [0.4, 0.5) is 0 Å². The van der Waals surface area contributed by atoms with Crippen molar-refractivity contribution in [3.63, 3.8) is 0 Å². The van der Waals surface area contributed by atoms with Crippen molar-refractivity contribution in [1.82, 2.24) is 0 Å². The van der Waals surface area contributed by atoms with Gasteiger partial charge in [0.1, 0.15) is 11.5 Å². The highest BCUT2D eigenvalue weighted by Gasteiger charge is 2.20. The van der Waals surface area contributed by atoms with Gasteiger partial charge in [0.15, 0.2) is 5.78 Å². The van der Waals surface area contributed by atoms with E-state index < -0.39 is 0 Å². The number of aromatic hydroxyl groups is 2. The molecule has 0 heterocycles. The fourth-order valence-corrected chi connectivity index (χ4v) is 2.00. The summed E-state index contributed by atoms with van der Waals surface area (Å²) < 4.78 is 0. The molecule has 0 amide bonds. The zero-order valence-corrected chi connectivity index (χ0v) is 11.8. The summed E-state index contributed by atoms with van der Waals surface area (Å²) in [5.74, 6) is -0.538. The van der Waals surface area contributed by atoms with E-state index >= 15 is 0 Å². The van der Waals surface area contributed by atoms with Crippen molar-refractivity contribution in [2.24, 2.45) is 0 Å². The van der Waals surface area contributed by atoms with E-state index in [1.165, 1.54) is 12.1 Å². The minimum absolute atomic E-state index is 0.0642. The standard InChI is InChI=1S/C17H18O3/c1-17(2,3)11-8-9-13(15(19)10-11)16(20)12-6-4-5-7-14(12)18/h4-10,18-19H,1-3H3. The summed E-state index contributed by atoms with van der Waals surface area (Å²) in [4.78, 5) is 12.3. The Kier molecular flexibility index (Phi) is 3.53. The maximum atomic E-state index is 12.3. The average molecular weight is 270 g/mol. The van der Waals surface area contributed by atoms with Gasteiger partial charge in [-0.15, -0.1) is 0 Å². The van der Waals surface area contributed by atoms with Crippen molar-refractivity contribution in [3.8, 4) is 11.5 Å². The summed E-state index contributed by atoms with van der Waals surface area (Å²) >= 11 is 0. The minimum Gasteiger partial charge on any atom is -0.507 e. The topological polar surface area (TPSA) is 57.5 Å². The lowest BCUT2D eigenvalue weighted by atomic mass is 9.86. The van der Waals surface area contributed by atoms with Crippen LogP contribution in [0.15, 0.2) is 42.5 Å². The molecule has 104 valence electrons. The second kappa shape index (κ2) is 5.00. The molecule has 0 bridgehead atoms. The number of hydrogen-bond acceptors (Lipinski definition) is 3. The SMILES string of the molecule is CC(C)(C)c1ccc(C(=O)c2ccccc2O)c(O)c1. The van der Waals surface area contributed by atoms with Gasteiger partial charge in [-0.1, -0.05) is 39.0 Å². The van der Waals surface area contributed by atoms with Crippen LogP contribution in [0, 0.1) is 0 Å². The molecule has 0 saturated heterocycles. The summed E-state index contributed by atoms with van der Waals surface area (Å²) in [6, 6.07) is 11.3. The first-order chi connectivity index (χ1) is 9.30. The molecule has 20 heavy (non-hydrogen) atoms. The molecule has 0 aliphatic carbocycles. The van der Waals surface area contributed by atoms with Gasteiger partial charge in [-0.05, 0) is 35.2 Å². The molecule has 0 atom stereocenters. The molecule has 2 rings (SSSR count). The molecule has 2 aromatic rings. The number of para-hydroxylation sites is 1. The first-order valence-corrected chi connectivity index (χ1v) is 6.47. The van der Waals surface area contributed by atoms with Crippen LogP contribution in [0.25, 0.3) is 0 Å². The van der Waals surface area contributed by atoms with Gasteiger partial charge >= 0.3 is 0 Å². The van der Waals surface area contributed by atoms with Crippen LogP contribution in [-0.2, 0) is 5.41 Å². The summed E-state index contributed by atoms with van der Waals surface area (Å²) in [5.41, 5.74) is 1.23. The minimum atomic E-state index is -0.388. The summed E-state index contributed by atoms with van der Waals surface area (Å²) in [7, 11) is 0. The number of benzene rings is 2. The van der Waals surface area contributed by atoms with Gasteiger partial charge in [0.05, 0.1) is 11.1 Å². The lowest BCUT2D eigenvalue weighted by Gasteiger charge is -2.19. The van der Waals surface area contributed by atoms with Crippen LogP contribution >= 0.6 is 0 Å². The van der Waals surface area contributed by atoms with E-state index in [1.807, 2.05) is 26.8 Å². The average Bonchev–Trinajstić information content (AvgIpc) is 2.37. The number of carbonyl (C=O) groups excluding carboxylic acids is 1. The Morgan fingerprint density at radius 2 is 1.50 bits per heavy atom. The molecule has 0 aliphatic heterocycles. The van der Waals surface area contributed by atoms with Crippen molar-refractivity contribution in [2.75, 3.05) is 0 Å². The lowest BCUT2D eigenvalue weighted by Crippen LogP contribution is -2.11. The normalized spacial score (nSPS) is 11.3.